The largest absolute Gasteiger partial charge is 0.207 e. The minimum Gasteiger partial charge on any atom is -0.207 e. The van der Waals surface area contributed by atoms with Crippen molar-refractivity contribution in [3.05, 3.63) is 35.6 Å². The third-order valence-corrected chi connectivity index (χ3v) is 3.21. The average molecular weight is 192 g/mol. The Bertz CT molecular complexity index is 335. The molecule has 0 N–H and O–H groups in total. The van der Waals surface area contributed by atoms with Crippen LogP contribution in [0.15, 0.2) is 24.3 Å². The highest BCUT2D eigenvalue weighted by Crippen LogP contribution is 2.57. The van der Waals surface area contributed by atoms with Crippen molar-refractivity contribution in [2.45, 2.75) is 33.1 Å². The van der Waals surface area contributed by atoms with Crippen LogP contribution in [0.25, 0.3) is 0 Å². The third kappa shape index (κ3) is 1.68. The van der Waals surface area contributed by atoms with Gasteiger partial charge < -0.3 is 0 Å². The molecule has 1 aliphatic rings. The molecule has 2 rings (SSSR count). The maximum absolute atomic E-state index is 13.4. The molecule has 0 unspecified atom stereocenters. The van der Waals surface area contributed by atoms with E-state index < -0.39 is 0 Å². The number of halogens is 1. The second kappa shape index (κ2) is 3.08. The van der Waals surface area contributed by atoms with Crippen LogP contribution in [0.5, 0.6) is 0 Å². The molecule has 76 valence electrons. The lowest BCUT2D eigenvalue weighted by atomic mass is 9.87. The standard InChI is InChI=1S/C13H17F/c1-13(2,3)11-8-10(11)9-6-4-5-7-12(9)14/h4-7,10-11H,8H2,1-3H3/t10-,11+/m0/s1. The van der Waals surface area contributed by atoms with Gasteiger partial charge in [-0.15, -0.1) is 0 Å². The smallest absolute Gasteiger partial charge is 0.126 e. The maximum Gasteiger partial charge on any atom is 0.126 e. The van der Waals surface area contributed by atoms with Crippen molar-refractivity contribution in [3.8, 4) is 0 Å². The van der Waals surface area contributed by atoms with Gasteiger partial charge >= 0.3 is 0 Å². The SMILES string of the molecule is CC(C)(C)[C@@H]1C[C@H]1c1ccccc1F. The lowest BCUT2D eigenvalue weighted by molar-refractivity contribution is 0.342. The molecular weight excluding hydrogens is 175 g/mol. The highest BCUT2D eigenvalue weighted by atomic mass is 19.1. The molecule has 0 saturated heterocycles. The van der Waals surface area contributed by atoms with E-state index in [4.69, 9.17) is 0 Å². The van der Waals surface area contributed by atoms with Crippen molar-refractivity contribution in [3.63, 3.8) is 0 Å². The van der Waals surface area contributed by atoms with E-state index in [1.165, 1.54) is 0 Å². The Morgan fingerprint density at radius 2 is 1.86 bits per heavy atom. The van der Waals surface area contributed by atoms with Crippen LogP contribution in [-0.4, -0.2) is 0 Å². The molecule has 1 heteroatoms. The molecule has 1 saturated carbocycles. The first-order valence-corrected chi connectivity index (χ1v) is 5.24. The predicted molar refractivity (Wildman–Crippen MR) is 56.7 cm³/mol. The fourth-order valence-corrected chi connectivity index (χ4v) is 2.27. The van der Waals surface area contributed by atoms with Gasteiger partial charge in [0.05, 0.1) is 0 Å². The second-order valence-electron chi connectivity index (χ2n) is 5.34. The van der Waals surface area contributed by atoms with Crippen molar-refractivity contribution in [1.82, 2.24) is 0 Å². The summed E-state index contributed by atoms with van der Waals surface area (Å²) in [5.74, 6) is 1.07. The summed E-state index contributed by atoms with van der Waals surface area (Å²) < 4.78 is 13.4. The lowest BCUT2D eigenvalue weighted by Crippen LogP contribution is -2.09. The Morgan fingerprint density at radius 3 is 2.36 bits per heavy atom. The van der Waals surface area contributed by atoms with E-state index in [0.717, 1.165) is 12.0 Å². The highest BCUT2D eigenvalue weighted by molar-refractivity contribution is 5.28. The van der Waals surface area contributed by atoms with E-state index >= 15 is 0 Å². The molecule has 14 heavy (non-hydrogen) atoms. The zero-order chi connectivity index (χ0) is 10.3. The molecule has 0 radical (unpaired) electrons. The summed E-state index contributed by atoms with van der Waals surface area (Å²) in [6, 6.07) is 7.17. The first-order valence-electron chi connectivity index (χ1n) is 5.24. The molecule has 1 aliphatic carbocycles. The number of rotatable bonds is 1. The minimum absolute atomic E-state index is 0.0377. The quantitative estimate of drug-likeness (QED) is 0.631. The fraction of sp³-hybridized carbons (Fsp3) is 0.538. The van der Waals surface area contributed by atoms with Crippen molar-refractivity contribution in [2.75, 3.05) is 0 Å². The van der Waals surface area contributed by atoms with Gasteiger partial charge in [0, 0.05) is 0 Å². The van der Waals surface area contributed by atoms with Gasteiger partial charge in [0.25, 0.3) is 0 Å². The summed E-state index contributed by atoms with van der Waals surface area (Å²) in [4.78, 5) is 0. The summed E-state index contributed by atoms with van der Waals surface area (Å²) in [5, 5.41) is 0. The molecule has 1 fully saturated rings. The van der Waals surface area contributed by atoms with Crippen LogP contribution in [-0.2, 0) is 0 Å². The van der Waals surface area contributed by atoms with Crippen LogP contribution in [0.1, 0.15) is 38.7 Å². The van der Waals surface area contributed by atoms with E-state index in [-0.39, 0.29) is 5.82 Å². The summed E-state index contributed by atoms with van der Waals surface area (Å²) in [7, 11) is 0. The van der Waals surface area contributed by atoms with Crippen molar-refractivity contribution in [2.24, 2.45) is 11.3 Å². The molecule has 0 nitrogen and oxygen atoms in total. The van der Waals surface area contributed by atoms with Gasteiger partial charge in [0.15, 0.2) is 0 Å². The molecule has 0 amide bonds. The first kappa shape index (κ1) is 9.70. The monoisotopic (exact) mass is 192 g/mol. The van der Waals surface area contributed by atoms with Crippen molar-refractivity contribution >= 4 is 0 Å². The number of hydrogen-bond acceptors (Lipinski definition) is 0. The summed E-state index contributed by atoms with van der Waals surface area (Å²) in [6.07, 6.45) is 1.14. The predicted octanol–water partition coefficient (Wildman–Crippen LogP) is 3.98. The van der Waals surface area contributed by atoms with Gasteiger partial charge in [-0.05, 0) is 35.3 Å². The van der Waals surface area contributed by atoms with Gasteiger partial charge in [0.1, 0.15) is 5.82 Å². The van der Waals surface area contributed by atoms with Gasteiger partial charge in [0.2, 0.25) is 0 Å². The number of hydrogen-bond donors (Lipinski definition) is 0. The highest BCUT2D eigenvalue weighted by Gasteiger charge is 2.46. The molecular formula is C13H17F. The van der Waals surface area contributed by atoms with Gasteiger partial charge in [-0.2, -0.15) is 0 Å². The van der Waals surface area contributed by atoms with E-state index in [1.54, 1.807) is 12.1 Å². The Balaban J connectivity index is 2.18. The van der Waals surface area contributed by atoms with Crippen LogP contribution in [0.2, 0.25) is 0 Å². The van der Waals surface area contributed by atoms with E-state index in [0.29, 0.717) is 17.3 Å². The summed E-state index contributed by atoms with van der Waals surface area (Å²) >= 11 is 0. The van der Waals surface area contributed by atoms with Crippen LogP contribution in [0, 0.1) is 17.2 Å². The van der Waals surface area contributed by atoms with E-state index in [1.807, 2.05) is 12.1 Å². The molecule has 0 aromatic heterocycles. The Morgan fingerprint density at radius 1 is 1.21 bits per heavy atom. The van der Waals surface area contributed by atoms with Crippen LogP contribution in [0.4, 0.5) is 4.39 Å². The zero-order valence-corrected chi connectivity index (χ0v) is 9.05. The third-order valence-electron chi connectivity index (χ3n) is 3.21. The van der Waals surface area contributed by atoms with Crippen molar-refractivity contribution < 1.29 is 4.39 Å². The molecule has 1 aromatic rings. The van der Waals surface area contributed by atoms with Gasteiger partial charge in [-0.3, -0.25) is 0 Å². The first-order chi connectivity index (χ1) is 6.50. The van der Waals surface area contributed by atoms with Gasteiger partial charge in [-0.1, -0.05) is 39.0 Å². The Kier molecular flexibility index (Phi) is 2.13. The lowest BCUT2D eigenvalue weighted by Gasteiger charge is -2.18. The fourth-order valence-electron chi connectivity index (χ4n) is 2.27. The number of benzene rings is 1. The summed E-state index contributed by atoms with van der Waals surface area (Å²) in [6.45, 7) is 6.70. The van der Waals surface area contributed by atoms with Crippen molar-refractivity contribution in [1.29, 1.82) is 0 Å². The average Bonchev–Trinajstić information content (AvgIpc) is 2.83. The minimum atomic E-state index is -0.0377. The van der Waals surface area contributed by atoms with Crippen LogP contribution < -0.4 is 0 Å². The van der Waals surface area contributed by atoms with Crippen LogP contribution in [0.3, 0.4) is 0 Å². The normalized spacial score (nSPS) is 26.3. The Hall–Kier alpha value is -0.850. The molecule has 1 aromatic carbocycles. The Labute approximate surface area is 85.1 Å². The topological polar surface area (TPSA) is 0 Å². The second-order valence-corrected chi connectivity index (χ2v) is 5.34. The molecule has 0 heterocycles. The molecule has 0 spiro atoms. The summed E-state index contributed by atoms with van der Waals surface area (Å²) in [5.41, 5.74) is 1.22. The molecule has 2 atom stereocenters. The van der Waals surface area contributed by atoms with E-state index in [2.05, 4.69) is 20.8 Å². The molecule has 0 aliphatic heterocycles. The zero-order valence-electron chi connectivity index (χ0n) is 9.05. The van der Waals surface area contributed by atoms with Crippen LogP contribution >= 0.6 is 0 Å². The molecule has 0 bridgehead atoms. The maximum atomic E-state index is 13.4. The van der Waals surface area contributed by atoms with E-state index in [9.17, 15) is 4.39 Å². The van der Waals surface area contributed by atoms with Gasteiger partial charge in [-0.25, -0.2) is 4.39 Å².